The Hall–Kier alpha value is -1.46. The van der Waals surface area contributed by atoms with Crippen molar-refractivity contribution < 1.29 is 4.79 Å². The average Bonchev–Trinajstić information content (AvgIpc) is 3.16. The Kier molecular flexibility index (Phi) is 12.3. The summed E-state index contributed by atoms with van der Waals surface area (Å²) in [5, 5.41) is 4.11. The second-order valence-corrected chi connectivity index (χ2v) is 9.65. The number of unbranched alkanes of at least 4 members (excludes halogenated alkanes) is 7. The molecule has 2 aliphatic heterocycles. The molecular formula is C26H40ClN3OS. The molecule has 4 nitrogen and oxygen atoms in total. The molecule has 0 fully saturated rings. The minimum absolute atomic E-state index is 0. The average molecular weight is 478 g/mol. The van der Waals surface area contributed by atoms with Gasteiger partial charge >= 0.3 is 0 Å². The van der Waals surface area contributed by atoms with Gasteiger partial charge in [-0.2, -0.15) is 0 Å². The molecule has 178 valence electrons. The first-order valence-electron chi connectivity index (χ1n) is 12.4. The van der Waals surface area contributed by atoms with E-state index < -0.39 is 0 Å². The first-order valence-corrected chi connectivity index (χ1v) is 13.2. The highest BCUT2D eigenvalue weighted by atomic mass is 35.5. The molecule has 1 aromatic rings. The number of aryl methyl sites for hydroxylation is 1. The molecule has 0 unspecified atom stereocenters. The van der Waals surface area contributed by atoms with Gasteiger partial charge in [-0.15, -0.1) is 12.4 Å². The summed E-state index contributed by atoms with van der Waals surface area (Å²) in [6.07, 6.45) is 14.9. The lowest BCUT2D eigenvalue weighted by Gasteiger charge is -2.25. The summed E-state index contributed by atoms with van der Waals surface area (Å²) in [5.74, 6) is 0.00127. The van der Waals surface area contributed by atoms with E-state index in [9.17, 15) is 4.79 Å². The van der Waals surface area contributed by atoms with Gasteiger partial charge < -0.3 is 10.2 Å². The van der Waals surface area contributed by atoms with Crippen LogP contribution >= 0.6 is 24.2 Å². The summed E-state index contributed by atoms with van der Waals surface area (Å²) in [6, 6.07) is 8.41. The summed E-state index contributed by atoms with van der Waals surface area (Å²) >= 11 is 1.54. The summed E-state index contributed by atoms with van der Waals surface area (Å²) in [6.45, 7) is 6.28. The second kappa shape index (κ2) is 14.6. The Morgan fingerprint density at radius 1 is 0.969 bits per heavy atom. The standard InChI is InChI=1S/C26H39N3OS.ClH/c1-3-5-6-7-8-9-10-11-14-21-15-17-22(18-16-21)28-25(30)24-23(13-4-2)29-20-12-19-27-26(29)31-24;/h15-18H,3-14,19-20H2,1-2H3,(H,28,30);1H. The van der Waals surface area contributed by atoms with Crippen LogP contribution in [0, 0.1) is 0 Å². The van der Waals surface area contributed by atoms with Crippen molar-refractivity contribution in [3.8, 4) is 0 Å². The van der Waals surface area contributed by atoms with Crippen molar-refractivity contribution in [2.24, 2.45) is 4.99 Å². The minimum atomic E-state index is 0. The Balaban J connectivity index is 0.00000363. The SMILES string of the molecule is CCCCCCCCCCc1ccc(NC(=O)C2=C(CCC)N3CCCN=C3S2)cc1.Cl. The molecule has 0 spiro atoms. The van der Waals surface area contributed by atoms with Gasteiger partial charge in [0.2, 0.25) is 0 Å². The third-order valence-corrected chi connectivity index (χ3v) is 7.18. The van der Waals surface area contributed by atoms with E-state index in [0.717, 1.165) is 60.2 Å². The summed E-state index contributed by atoms with van der Waals surface area (Å²) < 4.78 is 0. The number of rotatable bonds is 13. The number of carbonyl (C=O) groups excluding carboxylic acids is 1. The van der Waals surface area contributed by atoms with Crippen LogP contribution < -0.4 is 5.32 Å². The first kappa shape index (κ1) is 26.8. The zero-order chi connectivity index (χ0) is 21.9. The van der Waals surface area contributed by atoms with Crippen LogP contribution in [0.25, 0.3) is 0 Å². The van der Waals surface area contributed by atoms with Crippen LogP contribution in [0.1, 0.15) is 90.0 Å². The van der Waals surface area contributed by atoms with Crippen molar-refractivity contribution in [1.82, 2.24) is 4.90 Å². The highest BCUT2D eigenvalue weighted by Crippen LogP contribution is 2.38. The molecule has 0 aliphatic carbocycles. The molecule has 0 saturated carbocycles. The molecule has 2 heterocycles. The monoisotopic (exact) mass is 477 g/mol. The Morgan fingerprint density at radius 3 is 2.34 bits per heavy atom. The van der Waals surface area contributed by atoms with E-state index in [4.69, 9.17) is 0 Å². The molecule has 1 aromatic carbocycles. The van der Waals surface area contributed by atoms with E-state index in [1.54, 1.807) is 0 Å². The van der Waals surface area contributed by atoms with Gasteiger partial charge in [-0.05, 0) is 55.1 Å². The van der Waals surface area contributed by atoms with Crippen LogP contribution in [-0.4, -0.2) is 29.1 Å². The number of allylic oxidation sites excluding steroid dienone is 1. The van der Waals surface area contributed by atoms with Crippen molar-refractivity contribution >= 4 is 40.9 Å². The fourth-order valence-corrected chi connectivity index (χ4v) is 5.39. The third kappa shape index (κ3) is 7.84. The molecular weight excluding hydrogens is 438 g/mol. The van der Waals surface area contributed by atoms with Gasteiger partial charge in [0.25, 0.3) is 5.91 Å². The first-order chi connectivity index (χ1) is 15.2. The number of hydrogen-bond donors (Lipinski definition) is 1. The number of hydrogen-bond acceptors (Lipinski definition) is 4. The number of halogens is 1. The predicted octanol–water partition coefficient (Wildman–Crippen LogP) is 7.55. The molecule has 2 aliphatic rings. The van der Waals surface area contributed by atoms with Gasteiger partial charge in [0, 0.05) is 24.5 Å². The van der Waals surface area contributed by atoms with Gasteiger partial charge in [0.1, 0.15) is 0 Å². The molecule has 0 saturated heterocycles. The number of benzene rings is 1. The predicted molar refractivity (Wildman–Crippen MR) is 142 cm³/mol. The van der Waals surface area contributed by atoms with Gasteiger partial charge in [0.15, 0.2) is 5.17 Å². The van der Waals surface area contributed by atoms with Gasteiger partial charge in [-0.3, -0.25) is 9.79 Å². The van der Waals surface area contributed by atoms with Crippen LogP contribution in [-0.2, 0) is 11.2 Å². The summed E-state index contributed by atoms with van der Waals surface area (Å²) in [5.41, 5.74) is 3.38. The van der Waals surface area contributed by atoms with Crippen molar-refractivity contribution in [2.45, 2.75) is 90.9 Å². The molecule has 0 bridgehead atoms. The number of nitrogens with one attached hydrogen (secondary N) is 1. The molecule has 32 heavy (non-hydrogen) atoms. The molecule has 0 atom stereocenters. The van der Waals surface area contributed by atoms with E-state index in [0.29, 0.717) is 0 Å². The normalized spacial score (nSPS) is 15.3. The van der Waals surface area contributed by atoms with Crippen molar-refractivity contribution in [1.29, 1.82) is 0 Å². The highest BCUT2D eigenvalue weighted by Gasteiger charge is 2.33. The second-order valence-electron chi connectivity index (χ2n) is 8.67. The lowest BCUT2D eigenvalue weighted by Crippen LogP contribution is -2.29. The number of carbonyl (C=O) groups is 1. The quantitative estimate of drug-likeness (QED) is 0.298. The molecule has 6 heteroatoms. The Bertz CT molecular complexity index is 776. The van der Waals surface area contributed by atoms with Crippen LogP contribution in [0.5, 0.6) is 0 Å². The van der Waals surface area contributed by atoms with Crippen molar-refractivity contribution in [3.63, 3.8) is 0 Å². The molecule has 1 N–H and O–H groups in total. The van der Waals surface area contributed by atoms with Crippen LogP contribution in [0.3, 0.4) is 0 Å². The van der Waals surface area contributed by atoms with Gasteiger partial charge in [-0.25, -0.2) is 0 Å². The third-order valence-electron chi connectivity index (χ3n) is 6.02. The smallest absolute Gasteiger partial charge is 0.264 e. The molecule has 0 aromatic heterocycles. The maximum Gasteiger partial charge on any atom is 0.264 e. The fraction of sp³-hybridized carbons (Fsp3) is 0.615. The minimum Gasteiger partial charge on any atom is -0.323 e. The summed E-state index contributed by atoms with van der Waals surface area (Å²) in [7, 11) is 0. The largest absolute Gasteiger partial charge is 0.323 e. The zero-order valence-electron chi connectivity index (χ0n) is 19.8. The number of fused-ring (bicyclic) bond motifs is 1. The molecule has 3 rings (SSSR count). The van der Waals surface area contributed by atoms with Crippen LogP contribution in [0.4, 0.5) is 5.69 Å². The van der Waals surface area contributed by atoms with E-state index in [-0.39, 0.29) is 18.3 Å². The number of amides is 1. The van der Waals surface area contributed by atoms with Gasteiger partial charge in [0.05, 0.1) is 4.91 Å². The molecule has 1 amide bonds. The fourth-order valence-electron chi connectivity index (χ4n) is 4.26. The van der Waals surface area contributed by atoms with E-state index in [2.05, 4.69) is 41.2 Å². The van der Waals surface area contributed by atoms with Crippen LogP contribution in [0.15, 0.2) is 39.9 Å². The topological polar surface area (TPSA) is 44.7 Å². The number of amidine groups is 1. The maximum atomic E-state index is 13.0. The van der Waals surface area contributed by atoms with Crippen molar-refractivity contribution in [3.05, 3.63) is 40.4 Å². The summed E-state index contributed by atoms with van der Waals surface area (Å²) in [4.78, 5) is 20.7. The number of aliphatic imine (C=N–C) groups is 1. The van der Waals surface area contributed by atoms with E-state index in [1.165, 1.54) is 68.7 Å². The van der Waals surface area contributed by atoms with Crippen LogP contribution in [0.2, 0.25) is 0 Å². The van der Waals surface area contributed by atoms with Gasteiger partial charge in [-0.1, -0.05) is 77.3 Å². The lowest BCUT2D eigenvalue weighted by atomic mass is 10.0. The highest BCUT2D eigenvalue weighted by molar-refractivity contribution is 8.18. The number of thioether (sulfide) groups is 1. The maximum absolute atomic E-state index is 13.0. The zero-order valence-corrected chi connectivity index (χ0v) is 21.5. The number of nitrogens with zero attached hydrogens (tertiary/aromatic N) is 2. The number of anilines is 1. The molecule has 0 radical (unpaired) electrons. The Labute approximate surface area is 205 Å². The Morgan fingerprint density at radius 2 is 1.66 bits per heavy atom. The van der Waals surface area contributed by atoms with Crippen molar-refractivity contribution in [2.75, 3.05) is 18.4 Å². The van der Waals surface area contributed by atoms with E-state index >= 15 is 0 Å². The lowest BCUT2D eigenvalue weighted by molar-refractivity contribution is -0.112. The van der Waals surface area contributed by atoms with E-state index in [1.807, 2.05) is 12.1 Å².